The number of rotatable bonds is 2. The van der Waals surface area contributed by atoms with E-state index >= 15 is 0 Å². The van der Waals surface area contributed by atoms with Crippen molar-refractivity contribution in [3.05, 3.63) is 11.1 Å². The zero-order valence-corrected chi connectivity index (χ0v) is 7.92. The number of carboxylic acids is 1. The molecular weight excluding hydrogens is 152 g/mol. The lowest BCUT2D eigenvalue weighted by Crippen LogP contribution is -2.14. The molecule has 0 saturated heterocycles. The first-order chi connectivity index (χ1) is 5.54. The van der Waals surface area contributed by atoms with Crippen molar-refractivity contribution in [1.29, 1.82) is 0 Å². The molecule has 1 aliphatic carbocycles. The van der Waals surface area contributed by atoms with Crippen molar-refractivity contribution in [3.63, 3.8) is 0 Å². The highest BCUT2D eigenvalue weighted by Crippen LogP contribution is 2.36. The quantitative estimate of drug-likeness (QED) is 0.687. The average Bonchev–Trinajstić information content (AvgIpc) is 2.30. The van der Waals surface area contributed by atoms with Crippen molar-refractivity contribution in [2.24, 2.45) is 11.8 Å². The highest BCUT2D eigenvalue weighted by atomic mass is 16.4. The number of allylic oxidation sites excluding steroid dienone is 1. The molecule has 0 spiro atoms. The Labute approximate surface area is 73.3 Å². The van der Waals surface area contributed by atoms with Gasteiger partial charge in [-0.2, -0.15) is 0 Å². The van der Waals surface area contributed by atoms with Gasteiger partial charge in [0.05, 0.1) is 0 Å². The van der Waals surface area contributed by atoms with Crippen molar-refractivity contribution >= 4 is 5.97 Å². The van der Waals surface area contributed by atoms with E-state index in [1.165, 1.54) is 0 Å². The summed E-state index contributed by atoms with van der Waals surface area (Å²) in [6.45, 7) is 6.12. The smallest absolute Gasteiger partial charge is 0.331 e. The molecule has 0 bridgehead atoms. The summed E-state index contributed by atoms with van der Waals surface area (Å²) in [5.41, 5.74) is 1.74. The van der Waals surface area contributed by atoms with Gasteiger partial charge in [-0.1, -0.05) is 19.4 Å². The van der Waals surface area contributed by atoms with Gasteiger partial charge < -0.3 is 5.11 Å². The molecule has 0 aromatic heterocycles. The summed E-state index contributed by atoms with van der Waals surface area (Å²) in [5, 5.41) is 8.95. The molecule has 1 unspecified atom stereocenters. The third-order valence-electron chi connectivity index (χ3n) is 2.70. The van der Waals surface area contributed by atoms with E-state index in [-0.39, 0.29) is 5.92 Å². The summed E-state index contributed by atoms with van der Waals surface area (Å²) in [4.78, 5) is 10.9. The van der Waals surface area contributed by atoms with E-state index in [4.69, 9.17) is 5.11 Å². The summed E-state index contributed by atoms with van der Waals surface area (Å²) >= 11 is 0. The van der Waals surface area contributed by atoms with Crippen LogP contribution in [0.5, 0.6) is 0 Å². The van der Waals surface area contributed by atoms with Crippen LogP contribution in [-0.2, 0) is 4.79 Å². The minimum Gasteiger partial charge on any atom is -0.478 e. The number of hydrogen-bond donors (Lipinski definition) is 1. The van der Waals surface area contributed by atoms with E-state index in [1.807, 2.05) is 6.92 Å². The molecule has 0 aliphatic heterocycles. The second kappa shape index (κ2) is 3.30. The molecule has 2 heteroatoms. The predicted molar refractivity (Wildman–Crippen MR) is 47.9 cm³/mol. The van der Waals surface area contributed by atoms with E-state index in [9.17, 15) is 4.79 Å². The van der Waals surface area contributed by atoms with E-state index in [0.717, 1.165) is 18.4 Å². The molecule has 1 atom stereocenters. The Kier molecular flexibility index (Phi) is 2.55. The number of carboxylic acid groups (broad SMARTS) is 1. The molecule has 0 amide bonds. The lowest BCUT2D eigenvalue weighted by atomic mass is 9.89. The lowest BCUT2D eigenvalue weighted by Gasteiger charge is -2.15. The van der Waals surface area contributed by atoms with Gasteiger partial charge in [0.2, 0.25) is 0 Å². The first-order valence-corrected chi connectivity index (χ1v) is 4.47. The fourth-order valence-corrected chi connectivity index (χ4v) is 1.98. The Balaban J connectivity index is 2.89. The maximum absolute atomic E-state index is 10.9. The molecule has 0 fully saturated rings. The molecule has 0 radical (unpaired) electrons. The van der Waals surface area contributed by atoms with Crippen LogP contribution < -0.4 is 0 Å². The largest absolute Gasteiger partial charge is 0.478 e. The Bertz CT molecular complexity index is 226. The number of carbonyl (C=O) groups is 1. The standard InChI is InChI=1S/C10H16O2/c1-6(2)8-5-4-7(3)9(8)10(11)12/h6,8H,4-5H2,1-3H3,(H,11,12). The van der Waals surface area contributed by atoms with Crippen molar-refractivity contribution in [1.82, 2.24) is 0 Å². The molecule has 0 aromatic rings. The van der Waals surface area contributed by atoms with Gasteiger partial charge in [-0.15, -0.1) is 0 Å². The highest BCUT2D eigenvalue weighted by molar-refractivity contribution is 5.88. The second-order valence-electron chi connectivity index (χ2n) is 3.89. The SMILES string of the molecule is CC1=C(C(=O)O)C(C(C)C)CC1. The molecule has 0 saturated carbocycles. The molecular formula is C10H16O2. The van der Waals surface area contributed by atoms with Gasteiger partial charge in [0.15, 0.2) is 0 Å². The molecule has 0 aromatic carbocycles. The molecule has 0 heterocycles. The Morgan fingerprint density at radius 2 is 2.17 bits per heavy atom. The van der Waals surface area contributed by atoms with Gasteiger partial charge in [0.1, 0.15) is 0 Å². The van der Waals surface area contributed by atoms with Crippen LogP contribution in [0.15, 0.2) is 11.1 Å². The van der Waals surface area contributed by atoms with Crippen LogP contribution in [0.1, 0.15) is 33.6 Å². The molecule has 2 nitrogen and oxygen atoms in total. The second-order valence-corrected chi connectivity index (χ2v) is 3.89. The summed E-state index contributed by atoms with van der Waals surface area (Å²) in [6, 6.07) is 0. The van der Waals surface area contributed by atoms with Crippen LogP contribution in [-0.4, -0.2) is 11.1 Å². The maximum atomic E-state index is 10.9. The fourth-order valence-electron chi connectivity index (χ4n) is 1.98. The van der Waals surface area contributed by atoms with Crippen molar-refractivity contribution < 1.29 is 9.90 Å². The van der Waals surface area contributed by atoms with Crippen LogP contribution >= 0.6 is 0 Å². The van der Waals surface area contributed by atoms with Gasteiger partial charge >= 0.3 is 5.97 Å². The Morgan fingerprint density at radius 1 is 1.58 bits per heavy atom. The summed E-state index contributed by atoms with van der Waals surface area (Å²) in [5.74, 6) is 0.0137. The minimum atomic E-state index is -0.719. The molecule has 1 aliphatic rings. The lowest BCUT2D eigenvalue weighted by molar-refractivity contribution is -0.133. The molecule has 68 valence electrons. The van der Waals surface area contributed by atoms with E-state index in [2.05, 4.69) is 13.8 Å². The molecule has 1 N–H and O–H groups in total. The molecule has 12 heavy (non-hydrogen) atoms. The van der Waals surface area contributed by atoms with Crippen molar-refractivity contribution in [2.45, 2.75) is 33.6 Å². The third kappa shape index (κ3) is 1.52. The highest BCUT2D eigenvalue weighted by Gasteiger charge is 2.30. The summed E-state index contributed by atoms with van der Waals surface area (Å²) < 4.78 is 0. The average molecular weight is 168 g/mol. The van der Waals surface area contributed by atoms with Gasteiger partial charge in [0, 0.05) is 5.57 Å². The van der Waals surface area contributed by atoms with Gasteiger partial charge in [-0.3, -0.25) is 0 Å². The summed E-state index contributed by atoms with van der Waals surface area (Å²) in [7, 11) is 0. The van der Waals surface area contributed by atoms with Gasteiger partial charge in [-0.25, -0.2) is 4.79 Å². The van der Waals surface area contributed by atoms with Crippen LogP contribution in [0.25, 0.3) is 0 Å². The van der Waals surface area contributed by atoms with Crippen molar-refractivity contribution in [3.8, 4) is 0 Å². The third-order valence-corrected chi connectivity index (χ3v) is 2.70. The Hall–Kier alpha value is -0.790. The molecule has 1 rings (SSSR count). The topological polar surface area (TPSA) is 37.3 Å². The van der Waals surface area contributed by atoms with Gasteiger partial charge in [0.25, 0.3) is 0 Å². The predicted octanol–water partition coefficient (Wildman–Crippen LogP) is 2.45. The first-order valence-electron chi connectivity index (χ1n) is 4.47. The number of hydrogen-bond acceptors (Lipinski definition) is 1. The first kappa shape index (κ1) is 9.30. The number of aliphatic carboxylic acids is 1. The zero-order chi connectivity index (χ0) is 9.30. The Morgan fingerprint density at radius 3 is 2.50 bits per heavy atom. The van der Waals surface area contributed by atoms with Crippen LogP contribution in [0.2, 0.25) is 0 Å². The van der Waals surface area contributed by atoms with E-state index in [0.29, 0.717) is 11.5 Å². The van der Waals surface area contributed by atoms with Gasteiger partial charge in [-0.05, 0) is 31.6 Å². The maximum Gasteiger partial charge on any atom is 0.331 e. The minimum absolute atomic E-state index is 0.280. The zero-order valence-electron chi connectivity index (χ0n) is 7.92. The summed E-state index contributed by atoms with van der Waals surface area (Å²) in [6.07, 6.45) is 1.98. The van der Waals surface area contributed by atoms with Crippen LogP contribution in [0.3, 0.4) is 0 Å². The normalized spacial score (nSPS) is 23.8. The fraction of sp³-hybridized carbons (Fsp3) is 0.700. The monoisotopic (exact) mass is 168 g/mol. The van der Waals surface area contributed by atoms with E-state index < -0.39 is 5.97 Å². The van der Waals surface area contributed by atoms with Crippen LogP contribution in [0, 0.1) is 11.8 Å². The van der Waals surface area contributed by atoms with Crippen molar-refractivity contribution in [2.75, 3.05) is 0 Å². The van der Waals surface area contributed by atoms with Crippen LogP contribution in [0.4, 0.5) is 0 Å². The van der Waals surface area contributed by atoms with E-state index in [1.54, 1.807) is 0 Å².